The van der Waals surface area contributed by atoms with Gasteiger partial charge in [0, 0.05) is 5.92 Å². The predicted molar refractivity (Wildman–Crippen MR) is 56.7 cm³/mol. The second-order valence-electron chi connectivity index (χ2n) is 5.03. The van der Waals surface area contributed by atoms with Gasteiger partial charge in [-0.15, -0.1) is 0 Å². The molecule has 0 saturated heterocycles. The van der Waals surface area contributed by atoms with Crippen LogP contribution < -0.4 is 11.3 Å². The van der Waals surface area contributed by atoms with Crippen LogP contribution in [0.15, 0.2) is 4.99 Å². The molecular weight excluding hydrogens is 174 g/mol. The van der Waals surface area contributed by atoms with Crippen molar-refractivity contribution in [2.24, 2.45) is 28.6 Å². The molecular formula is C11H19N3. The molecule has 0 aromatic heterocycles. The van der Waals surface area contributed by atoms with Crippen molar-refractivity contribution < 1.29 is 0 Å². The molecule has 3 aliphatic rings. The molecule has 3 heteroatoms. The third kappa shape index (κ3) is 1.44. The summed E-state index contributed by atoms with van der Waals surface area (Å²) in [6.07, 6.45) is 8.18. The number of nitrogens with zero attached hydrogens (tertiary/aromatic N) is 1. The van der Waals surface area contributed by atoms with Crippen molar-refractivity contribution in [1.82, 2.24) is 5.43 Å². The number of hydrogen-bond acceptors (Lipinski definition) is 2. The third-order valence-corrected chi connectivity index (χ3v) is 3.99. The maximum absolute atomic E-state index is 5.56. The molecule has 0 aromatic carbocycles. The molecule has 3 nitrogen and oxygen atoms in total. The van der Waals surface area contributed by atoms with Gasteiger partial charge in [0.1, 0.15) is 5.84 Å². The Morgan fingerprint density at radius 2 is 1.71 bits per heavy atom. The van der Waals surface area contributed by atoms with Gasteiger partial charge in [0.05, 0.1) is 6.04 Å². The summed E-state index contributed by atoms with van der Waals surface area (Å²) < 4.78 is 0. The maximum atomic E-state index is 5.56. The summed E-state index contributed by atoms with van der Waals surface area (Å²) in [6, 6.07) is 0.601. The predicted octanol–water partition coefficient (Wildman–Crippen LogP) is 1.45. The van der Waals surface area contributed by atoms with E-state index in [4.69, 9.17) is 5.84 Å². The minimum absolute atomic E-state index is 0.601. The molecule has 0 aliphatic heterocycles. The summed E-state index contributed by atoms with van der Waals surface area (Å²) in [5.74, 6) is 9.20. The number of nitrogens with one attached hydrogen (secondary N) is 1. The van der Waals surface area contributed by atoms with E-state index in [9.17, 15) is 0 Å². The molecule has 3 N–H and O–H groups in total. The van der Waals surface area contributed by atoms with E-state index >= 15 is 0 Å². The van der Waals surface area contributed by atoms with Crippen LogP contribution in [-0.2, 0) is 0 Å². The Balaban J connectivity index is 1.68. The quantitative estimate of drug-likeness (QED) is 0.302. The van der Waals surface area contributed by atoms with Gasteiger partial charge in [0.15, 0.2) is 0 Å². The molecule has 3 rings (SSSR count). The zero-order chi connectivity index (χ0) is 9.54. The average Bonchev–Trinajstić information content (AvgIpc) is 3.09. The number of hydrogen-bond donors (Lipinski definition) is 2. The molecule has 78 valence electrons. The molecule has 2 unspecified atom stereocenters. The van der Waals surface area contributed by atoms with Gasteiger partial charge in [-0.05, 0) is 37.5 Å². The van der Waals surface area contributed by atoms with E-state index in [2.05, 4.69) is 10.4 Å². The van der Waals surface area contributed by atoms with E-state index in [0.29, 0.717) is 12.0 Å². The van der Waals surface area contributed by atoms with E-state index in [-0.39, 0.29) is 0 Å². The van der Waals surface area contributed by atoms with Crippen LogP contribution in [0.1, 0.15) is 38.5 Å². The van der Waals surface area contributed by atoms with Crippen molar-refractivity contribution >= 4 is 5.84 Å². The molecule has 3 saturated carbocycles. The lowest BCUT2D eigenvalue weighted by Crippen LogP contribution is -2.33. The summed E-state index contributed by atoms with van der Waals surface area (Å²) in [5, 5.41) is 0. The number of fused-ring (bicyclic) bond motifs is 1. The Kier molecular flexibility index (Phi) is 2.01. The normalized spacial score (nSPS) is 41.8. The van der Waals surface area contributed by atoms with Gasteiger partial charge < -0.3 is 5.43 Å². The van der Waals surface area contributed by atoms with Crippen LogP contribution in [0.3, 0.4) is 0 Å². The summed E-state index contributed by atoms with van der Waals surface area (Å²) in [4.78, 5) is 4.67. The summed E-state index contributed by atoms with van der Waals surface area (Å²) in [5.41, 5.74) is 2.84. The molecule has 3 aliphatic carbocycles. The first-order valence-electron chi connectivity index (χ1n) is 5.94. The number of nitrogens with two attached hydrogens (primary N) is 1. The number of rotatable bonds is 2. The Bertz CT molecular complexity index is 245. The van der Waals surface area contributed by atoms with Crippen molar-refractivity contribution in [3.8, 4) is 0 Å². The smallest absolute Gasteiger partial charge is 0.114 e. The maximum Gasteiger partial charge on any atom is 0.114 e. The lowest BCUT2D eigenvalue weighted by molar-refractivity contribution is 0.480. The highest BCUT2D eigenvalue weighted by atomic mass is 15.3. The molecule has 14 heavy (non-hydrogen) atoms. The Hall–Kier alpha value is -0.570. The van der Waals surface area contributed by atoms with Crippen molar-refractivity contribution in [1.29, 1.82) is 0 Å². The first-order chi connectivity index (χ1) is 6.90. The average molecular weight is 193 g/mol. The molecule has 0 heterocycles. The van der Waals surface area contributed by atoms with Crippen molar-refractivity contribution in [2.75, 3.05) is 0 Å². The molecule has 0 aromatic rings. The largest absolute Gasteiger partial charge is 0.312 e. The van der Waals surface area contributed by atoms with E-state index in [0.717, 1.165) is 17.7 Å². The van der Waals surface area contributed by atoms with Crippen LogP contribution >= 0.6 is 0 Å². The van der Waals surface area contributed by atoms with E-state index in [1.165, 1.54) is 38.5 Å². The van der Waals surface area contributed by atoms with Crippen LogP contribution in [-0.4, -0.2) is 11.9 Å². The summed E-state index contributed by atoms with van der Waals surface area (Å²) in [6.45, 7) is 0. The van der Waals surface area contributed by atoms with E-state index < -0.39 is 0 Å². The van der Waals surface area contributed by atoms with Crippen molar-refractivity contribution in [2.45, 2.75) is 44.6 Å². The molecule has 0 radical (unpaired) electrons. The van der Waals surface area contributed by atoms with Crippen LogP contribution in [0.2, 0.25) is 0 Å². The monoisotopic (exact) mass is 193 g/mol. The molecule has 3 fully saturated rings. The zero-order valence-corrected chi connectivity index (χ0v) is 8.58. The van der Waals surface area contributed by atoms with Gasteiger partial charge in [-0.1, -0.05) is 12.8 Å². The lowest BCUT2D eigenvalue weighted by atomic mass is 10.0. The Morgan fingerprint density at radius 3 is 2.21 bits per heavy atom. The fourth-order valence-electron chi connectivity index (χ4n) is 3.02. The first-order valence-corrected chi connectivity index (χ1v) is 5.94. The van der Waals surface area contributed by atoms with E-state index in [1.54, 1.807) is 0 Å². The van der Waals surface area contributed by atoms with Gasteiger partial charge in [-0.3, -0.25) is 4.99 Å². The zero-order valence-electron chi connectivity index (χ0n) is 8.58. The van der Waals surface area contributed by atoms with Gasteiger partial charge in [-0.2, -0.15) is 0 Å². The highest BCUT2D eigenvalue weighted by molar-refractivity contribution is 5.87. The Labute approximate surface area is 85.1 Å². The molecule has 2 atom stereocenters. The third-order valence-electron chi connectivity index (χ3n) is 3.99. The first kappa shape index (κ1) is 8.72. The Morgan fingerprint density at radius 1 is 1.07 bits per heavy atom. The summed E-state index contributed by atoms with van der Waals surface area (Å²) in [7, 11) is 0. The van der Waals surface area contributed by atoms with Gasteiger partial charge in [0.2, 0.25) is 0 Å². The number of amidine groups is 1. The van der Waals surface area contributed by atoms with Crippen LogP contribution in [0.4, 0.5) is 0 Å². The van der Waals surface area contributed by atoms with Crippen LogP contribution in [0, 0.1) is 17.8 Å². The fourth-order valence-corrected chi connectivity index (χ4v) is 3.02. The van der Waals surface area contributed by atoms with Crippen LogP contribution in [0.25, 0.3) is 0 Å². The van der Waals surface area contributed by atoms with Crippen molar-refractivity contribution in [3.05, 3.63) is 0 Å². The minimum Gasteiger partial charge on any atom is -0.312 e. The minimum atomic E-state index is 0.601. The van der Waals surface area contributed by atoms with Gasteiger partial charge in [0.25, 0.3) is 0 Å². The van der Waals surface area contributed by atoms with Gasteiger partial charge >= 0.3 is 0 Å². The van der Waals surface area contributed by atoms with Gasteiger partial charge in [-0.25, -0.2) is 5.84 Å². The van der Waals surface area contributed by atoms with Crippen molar-refractivity contribution in [3.63, 3.8) is 0 Å². The highest BCUT2D eigenvalue weighted by Gasteiger charge is 2.53. The summed E-state index contributed by atoms with van der Waals surface area (Å²) >= 11 is 0. The topological polar surface area (TPSA) is 50.4 Å². The fraction of sp³-hybridized carbons (Fsp3) is 0.909. The van der Waals surface area contributed by atoms with Crippen LogP contribution in [0.5, 0.6) is 0 Å². The molecule has 0 bridgehead atoms. The standard InChI is InChI=1S/C11H19N3/c12-14-11(13-7-5-6-7)10-8-3-1-2-4-9(8)10/h7-10H,1-6,12H2,(H,13,14). The molecule has 0 amide bonds. The second kappa shape index (κ2) is 3.23. The lowest BCUT2D eigenvalue weighted by Gasteiger charge is -2.04. The number of aliphatic imine (C=N–C) groups is 1. The molecule has 0 spiro atoms. The highest BCUT2D eigenvalue weighted by Crippen LogP contribution is 2.55. The number of hydrazine groups is 1. The SMILES string of the molecule is NNC(=NC1CC1)C1C2CCCCC21. The van der Waals surface area contributed by atoms with E-state index in [1.807, 2.05) is 0 Å². The second-order valence-corrected chi connectivity index (χ2v) is 5.03.